The topological polar surface area (TPSA) is 113 Å². The van der Waals surface area contributed by atoms with Crippen LogP contribution in [-0.4, -0.2) is 41.6 Å². The second kappa shape index (κ2) is 11.2. The molecule has 0 saturated carbocycles. The van der Waals surface area contributed by atoms with Gasteiger partial charge in [-0.05, 0) is 54.4 Å². The van der Waals surface area contributed by atoms with Crippen LogP contribution in [0.4, 0.5) is 5.69 Å². The van der Waals surface area contributed by atoms with E-state index >= 15 is 0 Å². The van der Waals surface area contributed by atoms with Crippen molar-refractivity contribution in [2.75, 3.05) is 18.6 Å². The van der Waals surface area contributed by atoms with Crippen molar-refractivity contribution >= 4 is 52.3 Å². The van der Waals surface area contributed by atoms with Gasteiger partial charge in [-0.1, -0.05) is 48.3 Å². The molecule has 1 amide bonds. The molecule has 8 nitrogen and oxygen atoms in total. The van der Waals surface area contributed by atoms with Crippen LogP contribution in [0.5, 0.6) is 11.5 Å². The Morgan fingerprint density at radius 3 is 2.42 bits per heavy atom. The van der Waals surface area contributed by atoms with Crippen molar-refractivity contribution in [3.05, 3.63) is 93.0 Å². The number of amides is 1. The molecule has 196 valence electrons. The van der Waals surface area contributed by atoms with E-state index in [9.17, 15) is 24.6 Å². The third kappa shape index (κ3) is 5.05. The first-order valence-electron chi connectivity index (χ1n) is 11.6. The maximum Gasteiger partial charge on any atom is 0.338 e. The number of phenolic OH excluding ortho intramolecular Hbond substituents is 1. The third-order valence-electron chi connectivity index (χ3n) is 5.92. The van der Waals surface area contributed by atoms with Crippen LogP contribution in [0.3, 0.4) is 0 Å². The van der Waals surface area contributed by atoms with Gasteiger partial charge in [-0.25, -0.2) is 4.79 Å². The molecular weight excluding hydrogens is 533 g/mol. The van der Waals surface area contributed by atoms with Crippen molar-refractivity contribution in [3.8, 4) is 11.5 Å². The first-order valence-corrected chi connectivity index (χ1v) is 12.3. The lowest BCUT2D eigenvalue weighted by molar-refractivity contribution is -0.132. The number of anilines is 1. The van der Waals surface area contributed by atoms with Crippen LogP contribution in [0.2, 0.25) is 10.0 Å². The quantitative estimate of drug-likeness (QED) is 0.161. The minimum Gasteiger partial charge on any atom is -0.508 e. The first kappa shape index (κ1) is 27.0. The zero-order valence-electron chi connectivity index (χ0n) is 20.4. The molecule has 38 heavy (non-hydrogen) atoms. The van der Waals surface area contributed by atoms with Gasteiger partial charge in [0.15, 0.2) is 0 Å². The van der Waals surface area contributed by atoms with Crippen molar-refractivity contribution in [1.29, 1.82) is 0 Å². The van der Waals surface area contributed by atoms with Gasteiger partial charge in [0, 0.05) is 10.7 Å². The summed E-state index contributed by atoms with van der Waals surface area (Å²) in [4.78, 5) is 40.5. The summed E-state index contributed by atoms with van der Waals surface area (Å²) in [6.07, 6.45) is 0.637. The van der Waals surface area contributed by atoms with E-state index in [1.54, 1.807) is 12.1 Å². The average molecular weight is 556 g/mol. The fourth-order valence-electron chi connectivity index (χ4n) is 4.22. The van der Waals surface area contributed by atoms with Gasteiger partial charge < -0.3 is 19.7 Å². The van der Waals surface area contributed by atoms with Crippen molar-refractivity contribution in [2.45, 2.75) is 19.4 Å². The highest BCUT2D eigenvalue weighted by Gasteiger charge is 2.47. The minimum atomic E-state index is -1.13. The van der Waals surface area contributed by atoms with E-state index in [-0.39, 0.29) is 50.5 Å². The number of ether oxygens (including phenoxy) is 2. The Morgan fingerprint density at radius 1 is 1.05 bits per heavy atom. The van der Waals surface area contributed by atoms with Crippen molar-refractivity contribution in [3.63, 3.8) is 0 Å². The van der Waals surface area contributed by atoms with Gasteiger partial charge in [-0.3, -0.25) is 14.5 Å². The molecule has 2 N–H and O–H groups in total. The lowest BCUT2D eigenvalue weighted by atomic mass is 9.94. The normalized spacial score (nSPS) is 16.5. The van der Waals surface area contributed by atoms with Gasteiger partial charge >= 0.3 is 5.97 Å². The number of ketones is 1. The first-order chi connectivity index (χ1) is 18.2. The van der Waals surface area contributed by atoms with E-state index in [2.05, 4.69) is 0 Å². The number of methoxy groups -OCH3 is 1. The standard InChI is InChI=1S/C28H23Cl2NO7/c1-3-11-38-28(36)16-5-4-6-18(12-16)31-23(15-7-9-19(32)10-8-15)22(25(34)27(31)35)24(33)20-13-17(29)14-21(30)26(20)37-2/h4-10,12-14,23,32-33H,3,11H2,1-2H3/b24-22+. The molecule has 1 atom stereocenters. The second-order valence-corrected chi connectivity index (χ2v) is 9.26. The highest BCUT2D eigenvalue weighted by molar-refractivity contribution is 6.52. The number of aromatic hydroxyl groups is 1. The number of esters is 1. The zero-order valence-corrected chi connectivity index (χ0v) is 21.9. The highest BCUT2D eigenvalue weighted by Crippen LogP contribution is 2.45. The zero-order chi connectivity index (χ0) is 27.6. The SMILES string of the molecule is CCCOC(=O)c1cccc(N2C(=O)C(=O)/C(=C(/O)c3cc(Cl)cc(Cl)c3OC)C2c2ccc(O)cc2)c1. The molecule has 0 spiro atoms. The molecule has 0 aromatic heterocycles. The molecule has 0 radical (unpaired) electrons. The molecular formula is C28H23Cl2NO7. The number of aliphatic hydroxyl groups excluding tert-OH is 1. The van der Waals surface area contributed by atoms with E-state index in [0.717, 1.165) is 0 Å². The number of nitrogens with zero attached hydrogens (tertiary/aromatic N) is 1. The Labute approximate surface area is 228 Å². The molecule has 3 aromatic rings. The largest absolute Gasteiger partial charge is 0.508 e. The smallest absolute Gasteiger partial charge is 0.338 e. The summed E-state index contributed by atoms with van der Waals surface area (Å²) in [7, 11) is 1.34. The molecule has 1 heterocycles. The summed E-state index contributed by atoms with van der Waals surface area (Å²) in [6.45, 7) is 2.09. The van der Waals surface area contributed by atoms with Gasteiger partial charge in [0.1, 0.15) is 17.3 Å². The number of carbonyl (C=O) groups is 3. The fraction of sp³-hybridized carbons (Fsp3) is 0.179. The Hall–Kier alpha value is -4.01. The predicted molar refractivity (Wildman–Crippen MR) is 143 cm³/mol. The molecule has 1 aliphatic rings. The van der Waals surface area contributed by atoms with Crippen LogP contribution < -0.4 is 9.64 Å². The summed E-state index contributed by atoms with van der Waals surface area (Å²) in [5.41, 5.74) is 0.589. The summed E-state index contributed by atoms with van der Waals surface area (Å²) in [6, 6.07) is 13.6. The van der Waals surface area contributed by atoms with Crippen molar-refractivity contribution in [1.82, 2.24) is 0 Å². The van der Waals surface area contributed by atoms with Crippen molar-refractivity contribution in [2.24, 2.45) is 0 Å². The third-order valence-corrected chi connectivity index (χ3v) is 6.42. The number of Topliss-reactive ketones (excluding diaryl/α,β-unsaturated/α-hetero) is 1. The molecule has 1 saturated heterocycles. The average Bonchev–Trinajstić information content (AvgIpc) is 3.17. The molecule has 10 heteroatoms. The van der Waals surface area contributed by atoms with E-state index in [1.165, 1.54) is 60.5 Å². The highest BCUT2D eigenvalue weighted by atomic mass is 35.5. The Balaban J connectivity index is 1.94. The number of rotatable bonds is 7. The number of aliphatic hydroxyl groups is 1. The predicted octanol–water partition coefficient (Wildman–Crippen LogP) is 5.90. The number of benzene rings is 3. The van der Waals surface area contributed by atoms with E-state index < -0.39 is 29.5 Å². The Kier molecular flexibility index (Phi) is 7.94. The molecule has 1 unspecified atom stereocenters. The summed E-state index contributed by atoms with van der Waals surface area (Å²) in [5.74, 6) is -3.01. The van der Waals surface area contributed by atoms with Crippen LogP contribution in [0, 0.1) is 0 Å². The van der Waals surface area contributed by atoms with E-state index in [0.29, 0.717) is 12.0 Å². The molecule has 0 bridgehead atoms. The Morgan fingerprint density at radius 2 is 1.76 bits per heavy atom. The van der Waals surface area contributed by atoms with Crippen LogP contribution in [0.25, 0.3) is 5.76 Å². The van der Waals surface area contributed by atoms with Gasteiger partial charge in [0.05, 0.1) is 41.5 Å². The number of halogens is 2. The minimum absolute atomic E-state index is 0.0173. The van der Waals surface area contributed by atoms with Crippen molar-refractivity contribution < 1.29 is 34.1 Å². The monoisotopic (exact) mass is 555 g/mol. The van der Waals surface area contributed by atoms with Gasteiger partial charge in [-0.15, -0.1) is 0 Å². The van der Waals surface area contributed by atoms with E-state index in [4.69, 9.17) is 32.7 Å². The number of carbonyl (C=O) groups excluding carboxylic acids is 3. The molecule has 1 aliphatic heterocycles. The van der Waals surface area contributed by atoms with Gasteiger partial charge in [0.25, 0.3) is 11.7 Å². The summed E-state index contributed by atoms with van der Waals surface area (Å²) >= 11 is 12.4. The van der Waals surface area contributed by atoms with Crippen LogP contribution in [0.1, 0.15) is 40.9 Å². The number of hydrogen-bond acceptors (Lipinski definition) is 7. The molecule has 4 rings (SSSR count). The Bertz CT molecular complexity index is 1450. The number of hydrogen-bond donors (Lipinski definition) is 2. The molecule has 1 fully saturated rings. The van der Waals surface area contributed by atoms with Crippen LogP contribution in [-0.2, 0) is 14.3 Å². The van der Waals surface area contributed by atoms with E-state index in [1.807, 2.05) is 6.92 Å². The van der Waals surface area contributed by atoms with Crippen LogP contribution in [0.15, 0.2) is 66.2 Å². The molecule has 0 aliphatic carbocycles. The maximum absolute atomic E-state index is 13.4. The summed E-state index contributed by atoms with van der Waals surface area (Å²) < 4.78 is 10.5. The summed E-state index contributed by atoms with van der Waals surface area (Å²) in [5, 5.41) is 21.5. The van der Waals surface area contributed by atoms with Gasteiger partial charge in [0.2, 0.25) is 0 Å². The lowest BCUT2D eigenvalue weighted by Gasteiger charge is -2.26. The second-order valence-electron chi connectivity index (χ2n) is 8.42. The molecule has 3 aromatic carbocycles. The maximum atomic E-state index is 13.4. The fourth-order valence-corrected chi connectivity index (χ4v) is 4.79. The number of phenols is 1. The van der Waals surface area contributed by atoms with Crippen LogP contribution >= 0.6 is 23.2 Å². The lowest BCUT2D eigenvalue weighted by Crippen LogP contribution is -2.29. The van der Waals surface area contributed by atoms with Gasteiger partial charge in [-0.2, -0.15) is 0 Å².